The Bertz CT molecular complexity index is 455. The van der Waals surface area contributed by atoms with Gasteiger partial charge in [0, 0.05) is 7.05 Å². The minimum atomic E-state index is -0.949. The summed E-state index contributed by atoms with van der Waals surface area (Å²) in [4.78, 5) is 22.3. The number of hydrazine groups is 1. The van der Waals surface area contributed by atoms with Crippen LogP contribution in [0.25, 0.3) is 0 Å². The van der Waals surface area contributed by atoms with Crippen LogP contribution in [0.4, 0.5) is 5.69 Å². The molecule has 1 heterocycles. The lowest BCUT2D eigenvalue weighted by molar-refractivity contribution is -0.126. The van der Waals surface area contributed by atoms with Gasteiger partial charge >= 0.3 is 5.97 Å². The van der Waals surface area contributed by atoms with Gasteiger partial charge in [-0.1, -0.05) is 0 Å². The van der Waals surface area contributed by atoms with E-state index >= 15 is 0 Å². The molecular formula is C12H14N2O3. The van der Waals surface area contributed by atoms with Crippen LogP contribution >= 0.6 is 0 Å². The topological polar surface area (TPSA) is 60.9 Å². The quantitative estimate of drug-likeness (QED) is 0.839. The molecule has 0 bridgehead atoms. The van der Waals surface area contributed by atoms with Crippen LogP contribution in [0.5, 0.6) is 0 Å². The number of carbonyl (C=O) groups excluding carboxylic acids is 1. The van der Waals surface area contributed by atoms with Crippen LogP contribution in [-0.2, 0) is 4.79 Å². The summed E-state index contributed by atoms with van der Waals surface area (Å²) in [5.74, 6) is -0.879. The average Bonchev–Trinajstić information content (AvgIpc) is 2.53. The molecular weight excluding hydrogens is 220 g/mol. The first kappa shape index (κ1) is 11.4. The third kappa shape index (κ3) is 1.95. The molecule has 1 aliphatic rings. The molecule has 0 spiro atoms. The van der Waals surface area contributed by atoms with Gasteiger partial charge in [-0.05, 0) is 31.2 Å². The van der Waals surface area contributed by atoms with Crippen molar-refractivity contribution in [2.45, 2.75) is 19.4 Å². The Morgan fingerprint density at radius 2 is 1.94 bits per heavy atom. The number of anilines is 1. The maximum absolute atomic E-state index is 11.5. The van der Waals surface area contributed by atoms with Gasteiger partial charge in [0.05, 0.1) is 23.7 Å². The molecule has 1 fully saturated rings. The van der Waals surface area contributed by atoms with E-state index in [0.29, 0.717) is 6.42 Å². The number of benzene rings is 1. The monoisotopic (exact) mass is 234 g/mol. The molecule has 90 valence electrons. The van der Waals surface area contributed by atoms with Crippen LogP contribution in [0.3, 0.4) is 0 Å². The van der Waals surface area contributed by atoms with Crippen molar-refractivity contribution in [3.8, 4) is 0 Å². The molecule has 1 aromatic carbocycles. The Hall–Kier alpha value is -2.04. The third-order valence-corrected chi connectivity index (χ3v) is 2.95. The number of carbonyl (C=O) groups is 2. The van der Waals surface area contributed by atoms with E-state index in [9.17, 15) is 9.59 Å². The molecule has 5 heteroatoms. The summed E-state index contributed by atoms with van der Waals surface area (Å²) in [6, 6.07) is 6.62. The Morgan fingerprint density at radius 3 is 2.35 bits per heavy atom. The lowest BCUT2D eigenvalue weighted by atomic mass is 10.2. The van der Waals surface area contributed by atoms with E-state index < -0.39 is 5.97 Å². The summed E-state index contributed by atoms with van der Waals surface area (Å²) in [7, 11) is 1.72. The van der Waals surface area contributed by atoms with Crippen LogP contribution in [0, 0.1) is 0 Å². The Kier molecular flexibility index (Phi) is 2.75. The van der Waals surface area contributed by atoms with Crippen molar-refractivity contribution in [3.05, 3.63) is 29.8 Å². The van der Waals surface area contributed by atoms with Gasteiger partial charge in [-0.3, -0.25) is 14.8 Å². The molecule has 1 amide bonds. The highest BCUT2D eigenvalue weighted by atomic mass is 16.4. The zero-order chi connectivity index (χ0) is 12.6. The largest absolute Gasteiger partial charge is 0.478 e. The fourth-order valence-electron chi connectivity index (χ4n) is 2.07. The van der Waals surface area contributed by atoms with Gasteiger partial charge in [-0.15, -0.1) is 0 Å². The van der Waals surface area contributed by atoms with Crippen molar-refractivity contribution >= 4 is 17.6 Å². The van der Waals surface area contributed by atoms with Crippen LogP contribution in [-0.4, -0.2) is 35.1 Å². The zero-order valence-electron chi connectivity index (χ0n) is 9.75. The van der Waals surface area contributed by atoms with Crippen molar-refractivity contribution in [3.63, 3.8) is 0 Å². The molecule has 2 rings (SSSR count). The van der Waals surface area contributed by atoms with Crippen LogP contribution in [0.1, 0.15) is 23.7 Å². The van der Waals surface area contributed by atoms with Gasteiger partial charge in [0.2, 0.25) is 5.91 Å². The summed E-state index contributed by atoms with van der Waals surface area (Å²) in [5.41, 5.74) is 1.07. The van der Waals surface area contributed by atoms with Gasteiger partial charge in [-0.25, -0.2) is 4.79 Å². The zero-order valence-corrected chi connectivity index (χ0v) is 9.75. The Morgan fingerprint density at radius 1 is 1.35 bits per heavy atom. The van der Waals surface area contributed by atoms with Crippen molar-refractivity contribution in [1.82, 2.24) is 5.01 Å². The van der Waals surface area contributed by atoms with Gasteiger partial charge < -0.3 is 5.11 Å². The molecule has 0 radical (unpaired) electrons. The molecule has 0 saturated carbocycles. The molecule has 5 nitrogen and oxygen atoms in total. The summed E-state index contributed by atoms with van der Waals surface area (Å²) < 4.78 is 0. The molecule has 1 unspecified atom stereocenters. The molecule has 1 N–H and O–H groups in total. The standard InChI is InChI=1S/C12H14N2O3/c1-8-7-11(15)13(2)14(8)10-5-3-9(4-6-10)12(16)17/h3-6,8H,7H2,1-2H3,(H,16,17). The number of hydrogen-bond donors (Lipinski definition) is 1. The predicted molar refractivity (Wildman–Crippen MR) is 62.7 cm³/mol. The van der Waals surface area contributed by atoms with E-state index in [1.807, 2.05) is 11.9 Å². The lowest BCUT2D eigenvalue weighted by Crippen LogP contribution is -2.38. The average molecular weight is 234 g/mol. The van der Waals surface area contributed by atoms with E-state index in [1.165, 1.54) is 0 Å². The smallest absolute Gasteiger partial charge is 0.335 e. The minimum Gasteiger partial charge on any atom is -0.478 e. The fourth-order valence-corrected chi connectivity index (χ4v) is 2.07. The SMILES string of the molecule is CC1CC(=O)N(C)N1c1ccc(C(=O)O)cc1. The highest BCUT2D eigenvalue weighted by Crippen LogP contribution is 2.26. The summed E-state index contributed by atoms with van der Waals surface area (Å²) in [5, 5.41) is 12.2. The number of hydrogen-bond acceptors (Lipinski definition) is 3. The molecule has 1 aromatic rings. The van der Waals surface area contributed by atoms with Gasteiger partial charge in [-0.2, -0.15) is 0 Å². The van der Waals surface area contributed by atoms with E-state index in [1.54, 1.807) is 36.3 Å². The van der Waals surface area contributed by atoms with Gasteiger partial charge in [0.25, 0.3) is 0 Å². The van der Waals surface area contributed by atoms with Crippen molar-refractivity contribution in [1.29, 1.82) is 0 Å². The van der Waals surface area contributed by atoms with Crippen molar-refractivity contribution < 1.29 is 14.7 Å². The summed E-state index contributed by atoms with van der Waals surface area (Å²) in [6.07, 6.45) is 0.483. The maximum atomic E-state index is 11.5. The molecule has 17 heavy (non-hydrogen) atoms. The van der Waals surface area contributed by atoms with Crippen molar-refractivity contribution in [2.24, 2.45) is 0 Å². The molecule has 1 saturated heterocycles. The summed E-state index contributed by atoms with van der Waals surface area (Å²) >= 11 is 0. The van der Waals surface area contributed by atoms with Crippen molar-refractivity contribution in [2.75, 3.05) is 12.1 Å². The predicted octanol–water partition coefficient (Wildman–Crippen LogP) is 1.36. The first-order valence-corrected chi connectivity index (χ1v) is 5.40. The van der Waals surface area contributed by atoms with Gasteiger partial charge in [0.1, 0.15) is 0 Å². The Balaban J connectivity index is 2.28. The fraction of sp³-hybridized carbons (Fsp3) is 0.333. The second-order valence-electron chi connectivity index (χ2n) is 4.17. The third-order valence-electron chi connectivity index (χ3n) is 2.95. The Labute approximate surface area is 99.2 Å². The second-order valence-corrected chi connectivity index (χ2v) is 4.17. The van der Waals surface area contributed by atoms with Crippen LogP contribution in [0.15, 0.2) is 24.3 Å². The van der Waals surface area contributed by atoms with E-state index in [0.717, 1.165) is 5.69 Å². The van der Waals surface area contributed by atoms with Gasteiger partial charge in [0.15, 0.2) is 0 Å². The maximum Gasteiger partial charge on any atom is 0.335 e. The molecule has 1 aliphatic heterocycles. The number of rotatable bonds is 2. The first-order valence-electron chi connectivity index (χ1n) is 5.40. The lowest BCUT2D eigenvalue weighted by Gasteiger charge is -2.29. The highest BCUT2D eigenvalue weighted by molar-refractivity contribution is 5.88. The molecule has 0 aromatic heterocycles. The minimum absolute atomic E-state index is 0.0693. The second kappa shape index (κ2) is 4.08. The van der Waals surface area contributed by atoms with E-state index in [2.05, 4.69) is 0 Å². The van der Waals surface area contributed by atoms with Crippen LogP contribution in [0.2, 0.25) is 0 Å². The molecule has 0 aliphatic carbocycles. The van der Waals surface area contributed by atoms with Crippen LogP contribution < -0.4 is 5.01 Å². The normalized spacial score (nSPS) is 19.9. The number of carboxylic acid groups (broad SMARTS) is 1. The highest BCUT2D eigenvalue weighted by Gasteiger charge is 2.32. The number of aromatic carboxylic acids is 1. The number of amides is 1. The number of nitrogens with zero attached hydrogens (tertiary/aromatic N) is 2. The molecule has 1 atom stereocenters. The number of carboxylic acids is 1. The van der Waals surface area contributed by atoms with E-state index in [4.69, 9.17) is 5.11 Å². The van der Waals surface area contributed by atoms with E-state index in [-0.39, 0.29) is 17.5 Å². The first-order chi connectivity index (χ1) is 8.00. The summed E-state index contributed by atoms with van der Waals surface area (Å²) in [6.45, 7) is 1.96.